The quantitative estimate of drug-likeness (QED) is 0.872. The summed E-state index contributed by atoms with van der Waals surface area (Å²) in [7, 11) is 0. The lowest BCUT2D eigenvalue weighted by Gasteiger charge is -2.14. The molecule has 1 aromatic heterocycles. The molecule has 1 unspecified atom stereocenters. The average molecular weight is 366 g/mol. The predicted molar refractivity (Wildman–Crippen MR) is 88.1 cm³/mol. The van der Waals surface area contributed by atoms with Crippen molar-refractivity contribution in [3.63, 3.8) is 0 Å². The highest BCUT2D eigenvalue weighted by molar-refractivity contribution is 6.05. The highest BCUT2D eigenvalue weighted by Gasteiger charge is 2.35. The zero-order valence-electron chi connectivity index (χ0n) is 13.8. The van der Waals surface area contributed by atoms with Crippen molar-refractivity contribution in [1.82, 2.24) is 4.98 Å². The topological polar surface area (TPSA) is 60.5 Å². The number of alkyl halides is 3. The number of amides is 1. The molecular formula is C18H17F3N2O3. The molecule has 0 aliphatic carbocycles. The minimum absolute atomic E-state index is 0.0411. The van der Waals surface area contributed by atoms with Gasteiger partial charge in [0.05, 0.1) is 17.2 Å². The number of hydrogen-bond donors (Lipinski definition) is 1. The minimum Gasteiger partial charge on any atom is -0.491 e. The molecule has 1 aromatic carbocycles. The van der Waals surface area contributed by atoms with E-state index < -0.39 is 23.2 Å². The first-order valence-corrected chi connectivity index (χ1v) is 8.10. The summed E-state index contributed by atoms with van der Waals surface area (Å²) in [6, 6.07) is 7.53. The van der Waals surface area contributed by atoms with Gasteiger partial charge in [-0.2, -0.15) is 13.2 Å². The third-order valence-corrected chi connectivity index (χ3v) is 3.92. The van der Waals surface area contributed by atoms with Gasteiger partial charge >= 0.3 is 6.18 Å². The molecule has 0 spiro atoms. The molecule has 0 radical (unpaired) electrons. The van der Waals surface area contributed by atoms with Crippen LogP contribution in [0.4, 0.5) is 18.9 Å². The van der Waals surface area contributed by atoms with Crippen LogP contribution in [0.25, 0.3) is 0 Å². The van der Waals surface area contributed by atoms with Crippen molar-refractivity contribution in [1.29, 1.82) is 0 Å². The Morgan fingerprint density at radius 1 is 1.35 bits per heavy atom. The first-order valence-electron chi connectivity index (χ1n) is 8.10. The van der Waals surface area contributed by atoms with Crippen LogP contribution in [-0.2, 0) is 10.9 Å². The standard InChI is InChI=1S/C18H17F3N2O3/c19-18(20,21)16-10-22-7-6-15(16)17(24)23-12-3-1-4-13(9-12)26-11-14-5-2-8-25-14/h1,3-4,6-7,9-10,14H,2,5,8,11H2,(H,23,24). The Morgan fingerprint density at radius 2 is 2.19 bits per heavy atom. The molecule has 0 bridgehead atoms. The molecule has 2 heterocycles. The Labute approximate surface area is 148 Å². The fourth-order valence-corrected chi connectivity index (χ4v) is 2.65. The van der Waals surface area contributed by atoms with Crippen molar-refractivity contribution in [2.75, 3.05) is 18.5 Å². The molecule has 1 saturated heterocycles. The summed E-state index contributed by atoms with van der Waals surface area (Å²) >= 11 is 0. The molecule has 1 aliphatic rings. The maximum Gasteiger partial charge on any atom is 0.418 e. The van der Waals surface area contributed by atoms with Crippen LogP contribution in [-0.4, -0.2) is 30.2 Å². The Bertz CT molecular complexity index is 774. The second-order valence-electron chi connectivity index (χ2n) is 5.85. The summed E-state index contributed by atoms with van der Waals surface area (Å²) in [4.78, 5) is 15.7. The van der Waals surface area contributed by atoms with E-state index in [0.717, 1.165) is 31.7 Å². The summed E-state index contributed by atoms with van der Waals surface area (Å²) in [6.07, 6.45) is -0.912. The van der Waals surface area contributed by atoms with Crippen LogP contribution < -0.4 is 10.1 Å². The average Bonchev–Trinajstić information content (AvgIpc) is 3.13. The van der Waals surface area contributed by atoms with Crippen molar-refractivity contribution in [3.05, 3.63) is 53.9 Å². The van der Waals surface area contributed by atoms with Crippen LogP contribution in [0.15, 0.2) is 42.7 Å². The van der Waals surface area contributed by atoms with Gasteiger partial charge in [-0.3, -0.25) is 9.78 Å². The molecule has 8 heteroatoms. The van der Waals surface area contributed by atoms with Crippen LogP contribution >= 0.6 is 0 Å². The zero-order valence-corrected chi connectivity index (χ0v) is 13.8. The largest absolute Gasteiger partial charge is 0.491 e. The van der Waals surface area contributed by atoms with Crippen LogP contribution in [0.3, 0.4) is 0 Å². The van der Waals surface area contributed by atoms with Gasteiger partial charge in [0.25, 0.3) is 5.91 Å². The number of nitrogens with zero attached hydrogens (tertiary/aromatic N) is 1. The Morgan fingerprint density at radius 3 is 2.92 bits per heavy atom. The van der Waals surface area contributed by atoms with Gasteiger partial charge in [-0.15, -0.1) is 0 Å². The number of hydrogen-bond acceptors (Lipinski definition) is 4. The van der Waals surface area contributed by atoms with Crippen LogP contribution in [0, 0.1) is 0 Å². The fraction of sp³-hybridized carbons (Fsp3) is 0.333. The first-order chi connectivity index (χ1) is 12.4. The van der Waals surface area contributed by atoms with E-state index in [2.05, 4.69) is 10.3 Å². The summed E-state index contributed by atoms with van der Waals surface area (Å²) < 4.78 is 50.1. The van der Waals surface area contributed by atoms with Gasteiger partial charge < -0.3 is 14.8 Å². The molecule has 5 nitrogen and oxygen atoms in total. The number of pyridine rings is 1. The van der Waals surface area contributed by atoms with E-state index in [1.807, 2.05) is 0 Å². The second-order valence-corrected chi connectivity index (χ2v) is 5.85. The lowest BCUT2D eigenvalue weighted by Crippen LogP contribution is -2.19. The Kier molecular flexibility index (Phi) is 5.41. The van der Waals surface area contributed by atoms with E-state index in [-0.39, 0.29) is 6.10 Å². The highest BCUT2D eigenvalue weighted by atomic mass is 19.4. The molecule has 1 aliphatic heterocycles. The van der Waals surface area contributed by atoms with Gasteiger partial charge in [-0.05, 0) is 31.0 Å². The first kappa shape index (κ1) is 18.2. The number of benzene rings is 1. The van der Waals surface area contributed by atoms with Gasteiger partial charge in [0.2, 0.25) is 0 Å². The van der Waals surface area contributed by atoms with Gasteiger partial charge in [0, 0.05) is 30.8 Å². The van der Waals surface area contributed by atoms with Crippen LogP contribution in [0.5, 0.6) is 5.75 Å². The second kappa shape index (κ2) is 7.74. The molecule has 2 aromatic rings. The number of carbonyl (C=O) groups excluding carboxylic acids is 1. The van der Waals surface area contributed by atoms with Crippen LogP contribution in [0.2, 0.25) is 0 Å². The van der Waals surface area contributed by atoms with E-state index in [1.165, 1.54) is 0 Å². The van der Waals surface area contributed by atoms with E-state index in [9.17, 15) is 18.0 Å². The zero-order chi connectivity index (χ0) is 18.6. The van der Waals surface area contributed by atoms with Crippen molar-refractivity contribution in [2.24, 2.45) is 0 Å². The summed E-state index contributed by atoms with van der Waals surface area (Å²) in [5, 5.41) is 2.46. The molecule has 138 valence electrons. The highest BCUT2D eigenvalue weighted by Crippen LogP contribution is 2.31. The molecular weight excluding hydrogens is 349 g/mol. The molecule has 0 saturated carbocycles. The number of rotatable bonds is 5. The number of anilines is 1. The van der Waals surface area contributed by atoms with Crippen molar-refractivity contribution >= 4 is 11.6 Å². The third-order valence-electron chi connectivity index (χ3n) is 3.92. The lowest BCUT2D eigenvalue weighted by molar-refractivity contribution is -0.138. The van der Waals surface area contributed by atoms with Gasteiger partial charge in [0.1, 0.15) is 12.4 Å². The SMILES string of the molecule is O=C(Nc1cccc(OCC2CCCO2)c1)c1ccncc1C(F)(F)F. The number of aromatic nitrogens is 1. The smallest absolute Gasteiger partial charge is 0.418 e. The Hall–Kier alpha value is -2.61. The summed E-state index contributed by atoms with van der Waals surface area (Å²) in [5.41, 5.74) is -1.23. The van der Waals surface area contributed by atoms with E-state index >= 15 is 0 Å². The van der Waals surface area contributed by atoms with Crippen molar-refractivity contribution in [3.8, 4) is 5.75 Å². The maximum absolute atomic E-state index is 13.0. The normalized spacial score (nSPS) is 17.1. The van der Waals surface area contributed by atoms with E-state index in [0.29, 0.717) is 24.2 Å². The summed E-state index contributed by atoms with van der Waals surface area (Å²) in [5.74, 6) is -0.361. The fourth-order valence-electron chi connectivity index (χ4n) is 2.65. The number of nitrogens with one attached hydrogen (secondary N) is 1. The molecule has 1 fully saturated rings. The van der Waals surface area contributed by atoms with Gasteiger partial charge in [-0.25, -0.2) is 0 Å². The third kappa shape index (κ3) is 4.51. The Balaban J connectivity index is 1.69. The molecule has 1 amide bonds. The number of halogens is 3. The predicted octanol–water partition coefficient (Wildman–Crippen LogP) is 3.91. The monoisotopic (exact) mass is 366 g/mol. The van der Waals surface area contributed by atoms with Gasteiger partial charge in [0.15, 0.2) is 0 Å². The lowest BCUT2D eigenvalue weighted by atomic mass is 10.1. The summed E-state index contributed by atoms with van der Waals surface area (Å²) in [6.45, 7) is 1.11. The minimum atomic E-state index is -4.66. The molecule has 26 heavy (non-hydrogen) atoms. The van der Waals surface area contributed by atoms with E-state index in [1.54, 1.807) is 24.3 Å². The number of carbonyl (C=O) groups is 1. The molecule has 1 N–H and O–H groups in total. The number of ether oxygens (including phenoxy) is 2. The van der Waals surface area contributed by atoms with Crippen LogP contribution in [0.1, 0.15) is 28.8 Å². The van der Waals surface area contributed by atoms with Crippen molar-refractivity contribution < 1.29 is 27.4 Å². The molecule has 3 rings (SSSR count). The van der Waals surface area contributed by atoms with E-state index in [4.69, 9.17) is 9.47 Å². The van der Waals surface area contributed by atoms with Crippen molar-refractivity contribution in [2.45, 2.75) is 25.1 Å². The molecule has 1 atom stereocenters. The van der Waals surface area contributed by atoms with Gasteiger partial charge in [-0.1, -0.05) is 6.07 Å². The maximum atomic E-state index is 13.0.